The monoisotopic (exact) mass is 289 g/mol. The van der Waals surface area contributed by atoms with Gasteiger partial charge in [-0.2, -0.15) is 0 Å². The summed E-state index contributed by atoms with van der Waals surface area (Å²) in [4.78, 5) is 21.3. The molecule has 0 heterocycles. The Labute approximate surface area is 120 Å². The van der Waals surface area contributed by atoms with E-state index >= 15 is 0 Å². The van der Waals surface area contributed by atoms with E-state index in [2.05, 4.69) is 0 Å². The van der Waals surface area contributed by atoms with Crippen molar-refractivity contribution in [2.45, 2.75) is 77.3 Å². The predicted molar refractivity (Wildman–Crippen MR) is 75.5 cm³/mol. The van der Waals surface area contributed by atoms with Crippen LogP contribution in [0.25, 0.3) is 0 Å². The molecule has 1 unspecified atom stereocenters. The van der Waals surface area contributed by atoms with E-state index in [0.717, 1.165) is 44.9 Å². The molecule has 0 radical (unpaired) electrons. The number of rotatable bonds is 13. The zero-order valence-electron chi connectivity index (χ0n) is 12.3. The average Bonchev–Trinajstić information content (AvgIpc) is 2.34. The summed E-state index contributed by atoms with van der Waals surface area (Å²) in [5.74, 6) is -3.77. The van der Waals surface area contributed by atoms with Gasteiger partial charge in [0.05, 0.1) is 6.17 Å². The first-order chi connectivity index (χ1) is 9.45. The first-order valence-electron chi connectivity index (χ1n) is 7.54. The third-order valence-corrected chi connectivity index (χ3v) is 3.44. The van der Waals surface area contributed by atoms with Gasteiger partial charge >= 0.3 is 11.9 Å². The maximum atomic E-state index is 12.5. The Hall–Kier alpha value is -1.13. The minimum absolute atomic E-state index is 0.207. The van der Waals surface area contributed by atoms with Crippen molar-refractivity contribution in [2.24, 2.45) is 5.92 Å². The summed E-state index contributed by atoms with van der Waals surface area (Å²) in [5, 5.41) is 17.4. The number of unbranched alkanes of at least 4 members (excludes halogenated alkanes) is 7. The van der Waals surface area contributed by atoms with Gasteiger partial charge in [0.25, 0.3) is 0 Å². The van der Waals surface area contributed by atoms with Gasteiger partial charge in [-0.25, -0.2) is 4.39 Å². The number of carboxylic acids is 2. The van der Waals surface area contributed by atoms with Crippen molar-refractivity contribution in [3.05, 3.63) is 0 Å². The summed E-state index contributed by atoms with van der Waals surface area (Å²) in [6.07, 6.45) is 7.98. The Bertz CT molecular complexity index is 265. The molecular weight excluding hydrogens is 262 g/mol. The van der Waals surface area contributed by atoms with Crippen molar-refractivity contribution in [3.63, 3.8) is 0 Å². The highest BCUT2D eigenvalue weighted by Gasteiger charge is 2.24. The van der Waals surface area contributed by atoms with Crippen LogP contribution in [0.1, 0.15) is 71.1 Å². The summed E-state index contributed by atoms with van der Waals surface area (Å²) in [6, 6.07) is 0. The Kier molecular flexibility index (Phi) is 11.0. The lowest BCUT2D eigenvalue weighted by Crippen LogP contribution is -2.23. The fraction of sp³-hybridized carbons (Fsp3) is 0.867. The van der Waals surface area contributed by atoms with E-state index in [0.29, 0.717) is 12.8 Å². The van der Waals surface area contributed by atoms with Crippen LogP contribution in [-0.4, -0.2) is 28.3 Å². The normalized spacial score (nSPS) is 12.6. The van der Waals surface area contributed by atoms with E-state index in [1.807, 2.05) is 0 Å². The molecule has 118 valence electrons. The highest BCUT2D eigenvalue weighted by molar-refractivity contribution is 5.92. The van der Waals surface area contributed by atoms with Gasteiger partial charge in [-0.15, -0.1) is 0 Å². The lowest BCUT2D eigenvalue weighted by molar-refractivity contribution is -0.154. The Balaban J connectivity index is 3.36. The minimum atomic E-state index is -1.27. The first kappa shape index (κ1) is 18.9. The quantitative estimate of drug-likeness (QED) is 0.396. The maximum Gasteiger partial charge on any atom is 0.317 e. The molecule has 0 aromatic carbocycles. The zero-order valence-corrected chi connectivity index (χ0v) is 12.3. The summed E-state index contributed by atoms with van der Waals surface area (Å²) >= 11 is 0. The Morgan fingerprint density at radius 1 is 0.800 bits per heavy atom. The molecule has 20 heavy (non-hydrogen) atoms. The van der Waals surface area contributed by atoms with Crippen LogP contribution in [0.15, 0.2) is 0 Å². The molecule has 0 amide bonds. The van der Waals surface area contributed by atoms with Crippen molar-refractivity contribution in [1.29, 1.82) is 0 Å². The molecule has 5 heteroatoms. The summed E-state index contributed by atoms with van der Waals surface area (Å²) in [6.45, 7) is 1.58. The third-order valence-electron chi connectivity index (χ3n) is 3.44. The Morgan fingerprint density at radius 3 is 1.50 bits per heavy atom. The van der Waals surface area contributed by atoms with E-state index < -0.39 is 24.0 Å². The molecule has 0 bridgehead atoms. The number of halogens is 1. The van der Waals surface area contributed by atoms with Crippen LogP contribution in [0.3, 0.4) is 0 Å². The van der Waals surface area contributed by atoms with Crippen LogP contribution in [0.4, 0.5) is 4.39 Å². The molecule has 0 saturated carbocycles. The van der Waals surface area contributed by atoms with Crippen LogP contribution < -0.4 is 0 Å². The molecule has 0 aliphatic rings. The molecule has 0 saturated heterocycles. The SMILES string of the molecule is CC([18F])CCCCCCCCCCC(C(=O)O)C(=O)O. The minimum Gasteiger partial charge on any atom is -0.481 e. The second-order valence-corrected chi connectivity index (χ2v) is 5.42. The second-order valence-electron chi connectivity index (χ2n) is 5.42. The topological polar surface area (TPSA) is 74.6 Å². The Morgan fingerprint density at radius 2 is 1.15 bits per heavy atom. The van der Waals surface area contributed by atoms with Crippen molar-refractivity contribution in [3.8, 4) is 0 Å². The van der Waals surface area contributed by atoms with Gasteiger partial charge in [0.15, 0.2) is 5.92 Å². The molecule has 0 spiro atoms. The van der Waals surface area contributed by atoms with Gasteiger partial charge in [-0.05, 0) is 19.8 Å². The number of carboxylic acid groups (broad SMARTS) is 2. The van der Waals surface area contributed by atoms with E-state index in [4.69, 9.17) is 10.2 Å². The van der Waals surface area contributed by atoms with Gasteiger partial charge in [0, 0.05) is 0 Å². The maximum absolute atomic E-state index is 12.5. The molecule has 1 atom stereocenters. The second kappa shape index (κ2) is 11.7. The molecule has 0 rings (SSSR count). The van der Waals surface area contributed by atoms with E-state index in [1.54, 1.807) is 6.92 Å². The standard InChI is InChI=1S/C15H27FO4/c1-12(16)10-8-6-4-2-3-5-7-9-11-13(14(17)18)15(19)20/h12-13H,2-11H2,1H3,(H,17,18)(H,19,20)/i16-1. The van der Waals surface area contributed by atoms with Crippen molar-refractivity contribution in [2.75, 3.05) is 0 Å². The van der Waals surface area contributed by atoms with Crippen molar-refractivity contribution < 1.29 is 24.2 Å². The van der Waals surface area contributed by atoms with Gasteiger partial charge in [-0.1, -0.05) is 51.4 Å². The lowest BCUT2D eigenvalue weighted by Gasteiger charge is -2.07. The van der Waals surface area contributed by atoms with E-state index in [1.165, 1.54) is 0 Å². The first-order valence-corrected chi connectivity index (χ1v) is 7.54. The van der Waals surface area contributed by atoms with Crippen molar-refractivity contribution in [1.82, 2.24) is 0 Å². The molecule has 4 nitrogen and oxygen atoms in total. The van der Waals surface area contributed by atoms with Crippen LogP contribution in [0, 0.1) is 5.92 Å². The van der Waals surface area contributed by atoms with Gasteiger partial charge < -0.3 is 10.2 Å². The largest absolute Gasteiger partial charge is 0.481 e. The smallest absolute Gasteiger partial charge is 0.317 e. The highest BCUT2D eigenvalue weighted by Crippen LogP contribution is 2.14. The molecular formula is C15H27FO4. The van der Waals surface area contributed by atoms with E-state index in [9.17, 15) is 14.0 Å². The fourth-order valence-electron chi connectivity index (χ4n) is 2.19. The van der Waals surface area contributed by atoms with Gasteiger partial charge in [0.1, 0.15) is 0 Å². The predicted octanol–water partition coefficient (Wildman–Crippen LogP) is 4.03. The zero-order chi connectivity index (χ0) is 15.4. The number of aliphatic carboxylic acids is 2. The molecule has 0 aromatic rings. The number of carbonyl (C=O) groups is 2. The van der Waals surface area contributed by atoms with Crippen LogP contribution in [0.5, 0.6) is 0 Å². The average molecular weight is 289 g/mol. The van der Waals surface area contributed by atoms with Gasteiger partial charge in [0.2, 0.25) is 0 Å². The van der Waals surface area contributed by atoms with E-state index in [-0.39, 0.29) is 6.42 Å². The summed E-state index contributed by atoms with van der Waals surface area (Å²) in [7, 11) is 0. The summed E-state index contributed by atoms with van der Waals surface area (Å²) in [5.41, 5.74) is 0. The molecule has 2 N–H and O–H groups in total. The van der Waals surface area contributed by atoms with Gasteiger partial charge in [-0.3, -0.25) is 9.59 Å². The molecule has 0 fully saturated rings. The fourth-order valence-corrected chi connectivity index (χ4v) is 2.19. The van der Waals surface area contributed by atoms with Crippen LogP contribution >= 0.6 is 0 Å². The molecule has 0 aliphatic carbocycles. The number of alkyl halides is 1. The van der Waals surface area contributed by atoms with Crippen LogP contribution in [0.2, 0.25) is 0 Å². The summed E-state index contributed by atoms with van der Waals surface area (Å²) < 4.78 is 12.5. The lowest BCUT2D eigenvalue weighted by atomic mass is 10.00. The van der Waals surface area contributed by atoms with Crippen molar-refractivity contribution >= 4 is 11.9 Å². The third kappa shape index (κ3) is 10.8. The molecule has 0 aromatic heterocycles. The molecule has 0 aliphatic heterocycles. The van der Waals surface area contributed by atoms with Crippen LogP contribution in [-0.2, 0) is 9.59 Å². The number of hydrogen-bond acceptors (Lipinski definition) is 2. The number of hydrogen-bond donors (Lipinski definition) is 2. The highest BCUT2D eigenvalue weighted by atomic mass is 18.2.